The highest BCUT2D eigenvalue weighted by Crippen LogP contribution is 2.27. The molecule has 0 N–H and O–H groups in total. The molecule has 2 atom stereocenters. The van der Waals surface area contributed by atoms with Crippen molar-refractivity contribution in [3.05, 3.63) is 29.3 Å². The van der Waals surface area contributed by atoms with E-state index in [0.717, 1.165) is 0 Å². The highest BCUT2D eigenvalue weighted by Gasteiger charge is 2.34. The number of halogens is 1. The van der Waals surface area contributed by atoms with E-state index in [1.807, 2.05) is 6.92 Å². The maximum absolute atomic E-state index is 12.6. The maximum atomic E-state index is 12.6. The molecule has 1 aliphatic rings. The third kappa shape index (κ3) is 3.10. The number of carbonyl (C=O) groups excluding carboxylic acids is 1. The normalized spacial score (nSPS) is 24.1. The molecule has 0 aliphatic carbocycles. The maximum Gasteiger partial charge on any atom is 0.243 e. The molecule has 2 unspecified atom stereocenters. The van der Waals surface area contributed by atoms with Crippen LogP contribution in [0, 0.1) is 0 Å². The standard InChI is InChI=1S/C13H15ClN2O3S/c1-10-7-12(15-9-17)5-6-16(10)20(18,19)13-4-2-3-11(14)8-13/h2-4,8,10,12H,5-7H2,1H3. The number of nitrogens with zero attached hydrogens (tertiary/aromatic N) is 2. The molecule has 0 saturated carbocycles. The number of hydrogen-bond donors (Lipinski definition) is 0. The van der Waals surface area contributed by atoms with Crippen LogP contribution in [0.5, 0.6) is 0 Å². The van der Waals surface area contributed by atoms with Crippen LogP contribution in [0.2, 0.25) is 5.02 Å². The minimum atomic E-state index is -3.56. The SMILES string of the molecule is CC1CC(N=C=O)CCN1S(=O)(=O)c1cccc(Cl)c1. The molecular weight excluding hydrogens is 300 g/mol. The molecule has 1 saturated heterocycles. The quantitative estimate of drug-likeness (QED) is 0.634. The van der Waals surface area contributed by atoms with Crippen LogP contribution in [0.4, 0.5) is 0 Å². The van der Waals surface area contributed by atoms with Crippen molar-refractivity contribution in [1.29, 1.82) is 0 Å². The van der Waals surface area contributed by atoms with E-state index in [9.17, 15) is 13.2 Å². The zero-order valence-corrected chi connectivity index (χ0v) is 12.6. The molecule has 1 heterocycles. The molecule has 0 spiro atoms. The van der Waals surface area contributed by atoms with Gasteiger partial charge in [0.1, 0.15) is 0 Å². The smallest absolute Gasteiger partial charge is 0.211 e. The van der Waals surface area contributed by atoms with Gasteiger partial charge in [-0.25, -0.2) is 18.2 Å². The van der Waals surface area contributed by atoms with Crippen LogP contribution in [0.25, 0.3) is 0 Å². The molecule has 5 nitrogen and oxygen atoms in total. The van der Waals surface area contributed by atoms with E-state index in [2.05, 4.69) is 4.99 Å². The zero-order chi connectivity index (χ0) is 14.8. The van der Waals surface area contributed by atoms with Crippen LogP contribution in [-0.4, -0.2) is 37.4 Å². The van der Waals surface area contributed by atoms with Crippen LogP contribution in [0.3, 0.4) is 0 Å². The molecule has 0 radical (unpaired) electrons. The average Bonchev–Trinajstić information content (AvgIpc) is 2.39. The first-order chi connectivity index (χ1) is 9.45. The van der Waals surface area contributed by atoms with Crippen molar-refractivity contribution in [3.8, 4) is 0 Å². The molecule has 0 bridgehead atoms. The van der Waals surface area contributed by atoms with Crippen LogP contribution >= 0.6 is 11.6 Å². The summed E-state index contributed by atoms with van der Waals surface area (Å²) in [7, 11) is -3.56. The van der Waals surface area contributed by atoms with Crippen molar-refractivity contribution in [2.24, 2.45) is 4.99 Å². The van der Waals surface area contributed by atoms with Crippen molar-refractivity contribution in [2.45, 2.75) is 36.7 Å². The molecule has 0 amide bonds. The monoisotopic (exact) mass is 314 g/mol. The summed E-state index contributed by atoms with van der Waals surface area (Å²) in [6.45, 7) is 2.15. The molecule has 108 valence electrons. The van der Waals surface area contributed by atoms with E-state index < -0.39 is 10.0 Å². The van der Waals surface area contributed by atoms with E-state index >= 15 is 0 Å². The summed E-state index contributed by atoms with van der Waals surface area (Å²) >= 11 is 5.85. The van der Waals surface area contributed by atoms with Crippen LogP contribution in [0.1, 0.15) is 19.8 Å². The predicted molar refractivity (Wildman–Crippen MR) is 75.9 cm³/mol. The lowest BCUT2D eigenvalue weighted by atomic mass is 10.0. The Bertz CT molecular complexity index is 641. The molecule has 1 aromatic carbocycles. The van der Waals surface area contributed by atoms with Gasteiger partial charge in [-0.1, -0.05) is 17.7 Å². The van der Waals surface area contributed by atoms with Gasteiger partial charge in [-0.05, 0) is 38.0 Å². The zero-order valence-electron chi connectivity index (χ0n) is 11.0. The van der Waals surface area contributed by atoms with Crippen LogP contribution in [0.15, 0.2) is 34.2 Å². The molecule has 1 aromatic rings. The fourth-order valence-electron chi connectivity index (χ4n) is 2.44. The highest BCUT2D eigenvalue weighted by molar-refractivity contribution is 7.89. The second-order valence-electron chi connectivity index (χ2n) is 4.82. The number of hydrogen-bond acceptors (Lipinski definition) is 4. The van der Waals surface area contributed by atoms with Crippen molar-refractivity contribution in [2.75, 3.05) is 6.54 Å². The lowest BCUT2D eigenvalue weighted by Crippen LogP contribution is -2.45. The number of sulfonamides is 1. The Morgan fingerprint density at radius 2 is 2.20 bits per heavy atom. The molecule has 20 heavy (non-hydrogen) atoms. The lowest BCUT2D eigenvalue weighted by molar-refractivity contribution is 0.248. The molecule has 1 aliphatic heterocycles. The van der Waals surface area contributed by atoms with Crippen molar-refractivity contribution >= 4 is 27.7 Å². The summed E-state index contributed by atoms with van der Waals surface area (Å²) in [5.74, 6) is 0. The number of benzene rings is 1. The summed E-state index contributed by atoms with van der Waals surface area (Å²) in [5.41, 5.74) is 0. The first-order valence-electron chi connectivity index (χ1n) is 6.29. The summed E-state index contributed by atoms with van der Waals surface area (Å²) in [6.07, 6.45) is 2.59. The van der Waals surface area contributed by atoms with Gasteiger partial charge >= 0.3 is 0 Å². The summed E-state index contributed by atoms with van der Waals surface area (Å²) in [6, 6.07) is 5.87. The Hall–Kier alpha value is -1.20. The topological polar surface area (TPSA) is 66.8 Å². The van der Waals surface area contributed by atoms with Gasteiger partial charge in [0.2, 0.25) is 16.1 Å². The summed E-state index contributed by atoms with van der Waals surface area (Å²) in [4.78, 5) is 14.2. The number of piperidine rings is 1. The first-order valence-corrected chi connectivity index (χ1v) is 8.11. The Morgan fingerprint density at radius 3 is 2.80 bits per heavy atom. The Morgan fingerprint density at radius 1 is 1.45 bits per heavy atom. The predicted octanol–water partition coefficient (Wildman–Crippen LogP) is 2.22. The number of aliphatic imine (C=N–C) groups is 1. The van der Waals surface area contributed by atoms with Crippen LogP contribution in [-0.2, 0) is 14.8 Å². The highest BCUT2D eigenvalue weighted by atomic mass is 35.5. The Labute approximate surface area is 123 Å². The number of isocyanates is 1. The summed E-state index contributed by atoms with van der Waals surface area (Å²) < 4.78 is 26.6. The van der Waals surface area contributed by atoms with Gasteiger partial charge in [0.05, 0.1) is 10.9 Å². The van der Waals surface area contributed by atoms with E-state index in [4.69, 9.17) is 11.6 Å². The van der Waals surface area contributed by atoms with E-state index in [1.54, 1.807) is 18.2 Å². The van der Waals surface area contributed by atoms with Crippen molar-refractivity contribution < 1.29 is 13.2 Å². The van der Waals surface area contributed by atoms with Gasteiger partial charge in [0, 0.05) is 17.6 Å². The molecule has 7 heteroatoms. The Balaban J connectivity index is 2.25. The van der Waals surface area contributed by atoms with Gasteiger partial charge in [-0.15, -0.1) is 0 Å². The van der Waals surface area contributed by atoms with Gasteiger partial charge < -0.3 is 0 Å². The fourth-order valence-corrected chi connectivity index (χ4v) is 4.40. The van der Waals surface area contributed by atoms with E-state index in [0.29, 0.717) is 24.4 Å². The summed E-state index contributed by atoms with van der Waals surface area (Å²) in [5, 5.41) is 0.388. The number of rotatable bonds is 3. The first kappa shape index (κ1) is 15.2. The lowest BCUT2D eigenvalue weighted by Gasteiger charge is -2.34. The van der Waals surface area contributed by atoms with E-state index in [-0.39, 0.29) is 17.0 Å². The second kappa shape index (κ2) is 6.06. The third-order valence-electron chi connectivity index (χ3n) is 3.43. The van der Waals surface area contributed by atoms with Crippen molar-refractivity contribution in [3.63, 3.8) is 0 Å². The van der Waals surface area contributed by atoms with Gasteiger partial charge in [-0.2, -0.15) is 4.31 Å². The third-order valence-corrected chi connectivity index (χ3v) is 5.67. The van der Waals surface area contributed by atoms with Gasteiger partial charge in [0.25, 0.3) is 0 Å². The Kier molecular flexibility index (Phi) is 4.60. The second-order valence-corrected chi connectivity index (χ2v) is 7.15. The average molecular weight is 315 g/mol. The molecular formula is C13H15ClN2O3S. The van der Waals surface area contributed by atoms with Crippen LogP contribution < -0.4 is 0 Å². The van der Waals surface area contributed by atoms with Crippen molar-refractivity contribution in [1.82, 2.24) is 4.31 Å². The minimum Gasteiger partial charge on any atom is -0.211 e. The fraction of sp³-hybridized carbons (Fsp3) is 0.462. The minimum absolute atomic E-state index is 0.145. The molecule has 2 rings (SSSR count). The molecule has 0 aromatic heterocycles. The largest absolute Gasteiger partial charge is 0.243 e. The van der Waals surface area contributed by atoms with E-state index in [1.165, 1.54) is 16.4 Å². The van der Waals surface area contributed by atoms with Gasteiger partial charge in [-0.3, -0.25) is 0 Å². The molecule has 1 fully saturated rings. The van der Waals surface area contributed by atoms with Gasteiger partial charge in [0.15, 0.2) is 0 Å².